The van der Waals surface area contributed by atoms with E-state index in [0.717, 1.165) is 19.4 Å². The molecule has 0 amide bonds. The molecule has 1 N–H and O–H groups in total. The molecule has 0 saturated heterocycles. The van der Waals surface area contributed by atoms with Gasteiger partial charge in [-0.2, -0.15) is 5.10 Å². The summed E-state index contributed by atoms with van der Waals surface area (Å²) in [5.74, 6) is -1.54. The molecule has 0 heterocycles. The van der Waals surface area contributed by atoms with Gasteiger partial charge in [-0.25, -0.2) is 9.18 Å². The summed E-state index contributed by atoms with van der Waals surface area (Å²) in [6.07, 6.45) is 1.38. The van der Waals surface area contributed by atoms with Crippen molar-refractivity contribution >= 4 is 24.2 Å². The Labute approximate surface area is 90.9 Å². The second-order valence-corrected chi connectivity index (χ2v) is 2.68. The van der Waals surface area contributed by atoms with E-state index in [1.807, 2.05) is 0 Å². The van der Waals surface area contributed by atoms with Crippen molar-refractivity contribution in [2.45, 2.75) is 0 Å². The number of aldehydes is 1. The van der Waals surface area contributed by atoms with Crippen molar-refractivity contribution in [2.75, 3.05) is 12.5 Å². The molecule has 0 bridgehead atoms. The number of hydrogen-bond donors (Lipinski definition) is 1. The summed E-state index contributed by atoms with van der Waals surface area (Å²) in [5, 5.41) is 3.46. The third kappa shape index (κ3) is 2.63. The van der Waals surface area contributed by atoms with Gasteiger partial charge < -0.3 is 4.74 Å². The molecule has 0 aliphatic carbocycles. The van der Waals surface area contributed by atoms with Crippen LogP contribution in [0.4, 0.5) is 10.1 Å². The number of nitrogens with one attached hydrogen (secondary N) is 1. The number of hydrazone groups is 1. The van der Waals surface area contributed by atoms with Gasteiger partial charge in [-0.15, -0.1) is 0 Å². The van der Waals surface area contributed by atoms with E-state index in [1.165, 1.54) is 12.1 Å². The monoisotopic (exact) mass is 224 g/mol. The Balaban J connectivity index is 3.07. The van der Waals surface area contributed by atoms with Crippen LogP contribution in [0.3, 0.4) is 0 Å². The lowest BCUT2D eigenvalue weighted by Crippen LogP contribution is -2.08. The lowest BCUT2D eigenvalue weighted by molar-refractivity contribution is -0.102. The van der Waals surface area contributed by atoms with Gasteiger partial charge in [-0.1, -0.05) is 6.07 Å². The van der Waals surface area contributed by atoms with Gasteiger partial charge in [0.1, 0.15) is 11.4 Å². The SMILES string of the molecule is COC(=O)c1c(F)cccc1N/N=C/C=O. The standard InChI is InChI=1S/C10H9FN2O3/c1-16-10(15)9-7(11)3-2-4-8(9)13-12-5-6-14/h2-6,13H,1H3/b12-5+. The number of nitrogens with zero attached hydrogens (tertiary/aromatic N) is 1. The fraction of sp³-hybridized carbons (Fsp3) is 0.100. The molecule has 0 aromatic heterocycles. The summed E-state index contributed by atoms with van der Waals surface area (Å²) in [5.41, 5.74) is 2.24. The number of esters is 1. The minimum atomic E-state index is -0.818. The molecular weight excluding hydrogens is 215 g/mol. The van der Waals surface area contributed by atoms with Gasteiger partial charge in [-0.3, -0.25) is 10.2 Å². The molecule has 0 saturated carbocycles. The Hall–Kier alpha value is -2.24. The Bertz CT molecular complexity index is 432. The second kappa shape index (κ2) is 5.59. The van der Waals surface area contributed by atoms with E-state index in [9.17, 15) is 14.0 Å². The first-order valence-corrected chi connectivity index (χ1v) is 4.30. The van der Waals surface area contributed by atoms with E-state index < -0.39 is 11.8 Å². The smallest absolute Gasteiger partial charge is 0.343 e. The van der Waals surface area contributed by atoms with E-state index in [1.54, 1.807) is 0 Å². The summed E-state index contributed by atoms with van der Waals surface area (Å²) in [4.78, 5) is 21.2. The van der Waals surface area contributed by atoms with Crippen LogP contribution in [0.5, 0.6) is 0 Å². The molecule has 16 heavy (non-hydrogen) atoms. The van der Waals surface area contributed by atoms with Crippen molar-refractivity contribution < 1.29 is 18.7 Å². The molecule has 1 rings (SSSR count). The van der Waals surface area contributed by atoms with Crippen LogP contribution in [-0.4, -0.2) is 25.6 Å². The maximum absolute atomic E-state index is 13.3. The van der Waals surface area contributed by atoms with Gasteiger partial charge in [0.05, 0.1) is 19.0 Å². The van der Waals surface area contributed by atoms with Crippen LogP contribution in [0.2, 0.25) is 0 Å². The first-order valence-electron chi connectivity index (χ1n) is 4.30. The molecule has 0 unspecified atom stereocenters. The largest absolute Gasteiger partial charge is 0.465 e. The van der Waals surface area contributed by atoms with Gasteiger partial charge in [-0.05, 0) is 12.1 Å². The Morgan fingerprint density at radius 2 is 2.31 bits per heavy atom. The summed E-state index contributed by atoms with van der Waals surface area (Å²) in [6.45, 7) is 0. The van der Waals surface area contributed by atoms with Crippen molar-refractivity contribution in [3.63, 3.8) is 0 Å². The molecule has 84 valence electrons. The van der Waals surface area contributed by atoms with Crippen molar-refractivity contribution in [1.82, 2.24) is 0 Å². The number of rotatable bonds is 4. The molecule has 1 aromatic carbocycles. The highest BCUT2D eigenvalue weighted by atomic mass is 19.1. The Kier molecular flexibility index (Phi) is 4.14. The van der Waals surface area contributed by atoms with E-state index in [4.69, 9.17) is 0 Å². The third-order valence-electron chi connectivity index (χ3n) is 1.72. The predicted octanol–water partition coefficient (Wildman–Crippen LogP) is 1.21. The number of carbonyl (C=O) groups excluding carboxylic acids is 2. The molecule has 0 atom stereocenters. The van der Waals surface area contributed by atoms with Crippen molar-refractivity contribution in [1.29, 1.82) is 0 Å². The van der Waals surface area contributed by atoms with Crippen LogP contribution in [0, 0.1) is 5.82 Å². The summed E-state index contributed by atoms with van der Waals surface area (Å²) >= 11 is 0. The van der Waals surface area contributed by atoms with E-state index >= 15 is 0 Å². The summed E-state index contributed by atoms with van der Waals surface area (Å²) < 4.78 is 17.8. The van der Waals surface area contributed by atoms with E-state index in [-0.39, 0.29) is 11.3 Å². The molecule has 6 heteroatoms. The zero-order chi connectivity index (χ0) is 12.0. The number of benzene rings is 1. The van der Waals surface area contributed by atoms with Gasteiger partial charge in [0, 0.05) is 0 Å². The number of carbonyl (C=O) groups is 2. The molecule has 0 aliphatic heterocycles. The van der Waals surface area contributed by atoms with E-state index in [2.05, 4.69) is 15.3 Å². The van der Waals surface area contributed by atoms with Gasteiger partial charge >= 0.3 is 5.97 Å². The third-order valence-corrected chi connectivity index (χ3v) is 1.72. The molecule has 0 radical (unpaired) electrons. The van der Waals surface area contributed by atoms with Crippen LogP contribution in [-0.2, 0) is 9.53 Å². The number of anilines is 1. The van der Waals surface area contributed by atoms with Crippen molar-refractivity contribution in [3.8, 4) is 0 Å². The van der Waals surface area contributed by atoms with Crippen LogP contribution in [0.1, 0.15) is 10.4 Å². The fourth-order valence-corrected chi connectivity index (χ4v) is 1.06. The highest BCUT2D eigenvalue weighted by Crippen LogP contribution is 2.19. The van der Waals surface area contributed by atoms with Crippen molar-refractivity contribution in [3.05, 3.63) is 29.6 Å². The zero-order valence-corrected chi connectivity index (χ0v) is 8.44. The molecule has 5 nitrogen and oxygen atoms in total. The van der Waals surface area contributed by atoms with Gasteiger partial charge in [0.15, 0.2) is 6.29 Å². The maximum Gasteiger partial charge on any atom is 0.343 e. The normalized spacial score (nSPS) is 10.1. The second-order valence-electron chi connectivity index (χ2n) is 2.68. The molecule has 0 fully saturated rings. The number of ether oxygens (including phenoxy) is 1. The number of methoxy groups -OCH3 is 1. The molecule has 0 aliphatic rings. The average molecular weight is 224 g/mol. The highest BCUT2D eigenvalue weighted by Gasteiger charge is 2.16. The highest BCUT2D eigenvalue weighted by molar-refractivity contribution is 6.13. The number of hydrogen-bond acceptors (Lipinski definition) is 5. The summed E-state index contributed by atoms with van der Waals surface area (Å²) in [6, 6.07) is 3.97. The van der Waals surface area contributed by atoms with Gasteiger partial charge in [0.25, 0.3) is 0 Å². The predicted molar refractivity (Wildman–Crippen MR) is 55.9 cm³/mol. The summed E-state index contributed by atoms with van der Waals surface area (Å²) in [7, 11) is 1.15. The molecular formula is C10H9FN2O3. The zero-order valence-electron chi connectivity index (χ0n) is 8.44. The molecule has 1 aromatic rings. The minimum Gasteiger partial charge on any atom is -0.465 e. The number of halogens is 1. The van der Waals surface area contributed by atoms with Crippen LogP contribution in [0.15, 0.2) is 23.3 Å². The van der Waals surface area contributed by atoms with Crippen molar-refractivity contribution in [2.24, 2.45) is 5.10 Å². The van der Waals surface area contributed by atoms with Gasteiger partial charge in [0.2, 0.25) is 0 Å². The topological polar surface area (TPSA) is 67.8 Å². The van der Waals surface area contributed by atoms with Crippen LogP contribution >= 0.6 is 0 Å². The van der Waals surface area contributed by atoms with Crippen LogP contribution < -0.4 is 5.43 Å². The lowest BCUT2D eigenvalue weighted by Gasteiger charge is -2.07. The average Bonchev–Trinajstić information content (AvgIpc) is 2.29. The lowest BCUT2D eigenvalue weighted by atomic mass is 10.1. The van der Waals surface area contributed by atoms with Crippen LogP contribution in [0.25, 0.3) is 0 Å². The quantitative estimate of drug-likeness (QED) is 0.361. The Morgan fingerprint density at radius 1 is 1.56 bits per heavy atom. The maximum atomic E-state index is 13.3. The Morgan fingerprint density at radius 3 is 2.94 bits per heavy atom. The first kappa shape index (κ1) is 11.8. The minimum absolute atomic E-state index is 0.130. The first-order chi connectivity index (χ1) is 7.70. The molecule has 0 spiro atoms. The fourth-order valence-electron chi connectivity index (χ4n) is 1.06. The van der Waals surface area contributed by atoms with E-state index in [0.29, 0.717) is 6.29 Å².